The van der Waals surface area contributed by atoms with E-state index in [-0.39, 0.29) is 60.3 Å². The van der Waals surface area contributed by atoms with Gasteiger partial charge in [0.15, 0.2) is 0 Å². The van der Waals surface area contributed by atoms with Crippen LogP contribution < -0.4 is 0 Å². The summed E-state index contributed by atoms with van der Waals surface area (Å²) in [7, 11) is 0. The number of aromatic hydroxyl groups is 1. The first-order valence-corrected chi connectivity index (χ1v) is 24.6. The number of nitrogens with zero attached hydrogens (tertiary/aromatic N) is 3. The Balaban J connectivity index is 0.00000703. The van der Waals surface area contributed by atoms with E-state index in [4.69, 9.17) is 9.97 Å². The normalized spacial score (nSPS) is 12.6. The molecular formula is C64H72N3OPt-. The number of pyridine rings is 1. The van der Waals surface area contributed by atoms with Crippen LogP contribution in [0.2, 0.25) is 0 Å². The van der Waals surface area contributed by atoms with Crippen molar-refractivity contribution in [2.24, 2.45) is 0 Å². The van der Waals surface area contributed by atoms with Gasteiger partial charge >= 0.3 is 0 Å². The Morgan fingerprint density at radius 3 is 1.64 bits per heavy atom. The van der Waals surface area contributed by atoms with Crippen LogP contribution in [-0.4, -0.2) is 19.6 Å². The molecule has 0 unspecified atom stereocenters. The van der Waals surface area contributed by atoms with Crippen molar-refractivity contribution in [2.75, 3.05) is 0 Å². The van der Waals surface area contributed by atoms with Crippen molar-refractivity contribution in [3.05, 3.63) is 167 Å². The van der Waals surface area contributed by atoms with Crippen LogP contribution in [0.1, 0.15) is 156 Å². The van der Waals surface area contributed by atoms with Crippen molar-refractivity contribution in [1.29, 1.82) is 0 Å². The number of fused-ring (bicyclic) bond motifs is 1. The van der Waals surface area contributed by atoms with E-state index in [1.807, 2.05) is 6.20 Å². The fraction of sp³-hybridized carbons (Fsp3) is 0.344. The molecule has 0 saturated heterocycles. The van der Waals surface area contributed by atoms with Crippen molar-refractivity contribution >= 4 is 11.0 Å². The molecule has 1 N–H and O–H groups in total. The Labute approximate surface area is 428 Å². The van der Waals surface area contributed by atoms with Crippen molar-refractivity contribution in [3.8, 4) is 67.5 Å². The van der Waals surface area contributed by atoms with Gasteiger partial charge in [-0.15, -0.1) is 29.3 Å². The van der Waals surface area contributed by atoms with Crippen molar-refractivity contribution in [3.63, 3.8) is 0 Å². The summed E-state index contributed by atoms with van der Waals surface area (Å²) in [6, 6.07) is 48.4. The molecule has 4 nitrogen and oxygen atoms in total. The van der Waals surface area contributed by atoms with Crippen LogP contribution in [0.3, 0.4) is 0 Å². The third-order valence-electron chi connectivity index (χ3n) is 13.7. The summed E-state index contributed by atoms with van der Waals surface area (Å²) >= 11 is 0. The summed E-state index contributed by atoms with van der Waals surface area (Å²) in [5.41, 5.74) is 18.7. The monoisotopic (exact) mass is 1090 g/mol. The molecule has 0 aliphatic carbocycles. The maximum atomic E-state index is 12.4. The second-order valence-corrected chi connectivity index (χ2v) is 23.8. The summed E-state index contributed by atoms with van der Waals surface area (Å²) in [6.07, 6.45) is 1.91. The Bertz CT molecular complexity index is 3140. The van der Waals surface area contributed by atoms with Gasteiger partial charge in [-0.05, 0) is 108 Å². The maximum absolute atomic E-state index is 12.4. The summed E-state index contributed by atoms with van der Waals surface area (Å²) in [5.74, 6) is 1.31. The molecule has 0 radical (unpaired) electrons. The van der Waals surface area contributed by atoms with E-state index in [0.29, 0.717) is 5.82 Å². The molecule has 2 aromatic heterocycles. The molecule has 0 aliphatic heterocycles. The van der Waals surface area contributed by atoms with Crippen LogP contribution in [0.4, 0.5) is 0 Å². The van der Waals surface area contributed by atoms with E-state index in [9.17, 15) is 5.11 Å². The first kappa shape index (κ1) is 51.3. The van der Waals surface area contributed by atoms with Gasteiger partial charge in [-0.25, -0.2) is 4.98 Å². The SMILES string of the molecule is CC(C)c1cc(-c2nc3c(-c4[c-]c(-c5cc(-c6ccc(C(C)(C)C)cc6)ccn5)cc(C(C)(C)C)c4)cccc3n2-c2ccc(C(C)(C)C)cc2-c2ccc(C(C)(C)C)cc2)c(O)c(C(C)C)c1.[Pt]. The molecule has 6 aromatic carbocycles. The van der Waals surface area contributed by atoms with E-state index < -0.39 is 0 Å². The number of aromatic nitrogens is 3. The Hall–Kier alpha value is -5.57. The van der Waals surface area contributed by atoms with Crippen LogP contribution in [0.25, 0.3) is 72.7 Å². The Morgan fingerprint density at radius 1 is 0.507 bits per heavy atom. The van der Waals surface area contributed by atoms with E-state index in [0.717, 1.165) is 78.0 Å². The van der Waals surface area contributed by atoms with Gasteiger partial charge in [0.2, 0.25) is 0 Å². The molecule has 0 amide bonds. The first-order chi connectivity index (χ1) is 31.8. The zero-order chi connectivity index (χ0) is 49.2. The molecule has 0 atom stereocenters. The van der Waals surface area contributed by atoms with E-state index in [1.165, 1.54) is 22.3 Å². The second-order valence-electron chi connectivity index (χ2n) is 23.8. The van der Waals surface area contributed by atoms with Crippen LogP contribution in [0.5, 0.6) is 5.75 Å². The molecule has 0 saturated carbocycles. The molecule has 2 heterocycles. The van der Waals surface area contributed by atoms with Crippen LogP contribution in [-0.2, 0) is 42.7 Å². The molecule has 8 rings (SSSR count). The largest absolute Gasteiger partial charge is 0.507 e. The standard InChI is InChI=1S/C64H72N3O.Pt/c1-39(2)44-35-52(40(3)4)59(68)54(36-44)60-66-58-51(18-17-19-57(58)67(60)56-29-28-49(63(11,12)13)38-53(56)42-22-26-48(27-23-42)62(8,9)10)45-32-46(34-50(33-45)64(14,15)16)55-37-43(30-31-65-55)41-20-24-47(25-21-41)61(5,6)7;/h17-31,33-40,68H,1-16H3;/q-1;. The number of phenols is 1. The van der Waals surface area contributed by atoms with E-state index in [1.54, 1.807) is 0 Å². The van der Waals surface area contributed by atoms with Gasteiger partial charge in [-0.3, -0.25) is 9.55 Å². The first-order valence-electron chi connectivity index (χ1n) is 24.6. The van der Waals surface area contributed by atoms with Crippen LogP contribution in [0, 0.1) is 6.07 Å². The number of phenolic OH excluding ortho intramolecular Hbond substituents is 1. The van der Waals surface area contributed by atoms with Crippen molar-refractivity contribution in [2.45, 2.75) is 144 Å². The van der Waals surface area contributed by atoms with Gasteiger partial charge in [0.25, 0.3) is 0 Å². The van der Waals surface area contributed by atoms with Crippen molar-refractivity contribution < 1.29 is 26.2 Å². The van der Waals surface area contributed by atoms with Gasteiger partial charge < -0.3 is 5.11 Å². The molecule has 0 bridgehead atoms. The zero-order valence-electron chi connectivity index (χ0n) is 43.9. The minimum atomic E-state index is -0.167. The molecule has 69 heavy (non-hydrogen) atoms. The average Bonchev–Trinajstić information content (AvgIpc) is 3.67. The fourth-order valence-corrected chi connectivity index (χ4v) is 9.15. The Kier molecular flexibility index (Phi) is 14.1. The number of rotatable bonds is 8. The summed E-state index contributed by atoms with van der Waals surface area (Å²) in [5, 5.41) is 12.4. The van der Waals surface area contributed by atoms with Gasteiger partial charge in [0.05, 0.1) is 22.3 Å². The van der Waals surface area contributed by atoms with Crippen LogP contribution >= 0.6 is 0 Å². The van der Waals surface area contributed by atoms with Crippen LogP contribution in [0.15, 0.2) is 128 Å². The van der Waals surface area contributed by atoms with Gasteiger partial charge in [0, 0.05) is 38.5 Å². The number of para-hydroxylation sites is 1. The van der Waals surface area contributed by atoms with Gasteiger partial charge in [0.1, 0.15) is 11.6 Å². The predicted octanol–water partition coefficient (Wildman–Crippen LogP) is 17.7. The van der Waals surface area contributed by atoms with Crippen molar-refractivity contribution in [1.82, 2.24) is 14.5 Å². The predicted molar refractivity (Wildman–Crippen MR) is 290 cm³/mol. The third-order valence-corrected chi connectivity index (χ3v) is 13.7. The molecule has 0 aliphatic rings. The summed E-state index contributed by atoms with van der Waals surface area (Å²) < 4.78 is 2.30. The number of imidazole rings is 1. The molecule has 5 heteroatoms. The second kappa shape index (κ2) is 19.0. The number of hydrogen-bond donors (Lipinski definition) is 1. The summed E-state index contributed by atoms with van der Waals surface area (Å²) in [6.45, 7) is 35.9. The number of hydrogen-bond acceptors (Lipinski definition) is 3. The van der Waals surface area contributed by atoms with Gasteiger partial charge in [-0.2, -0.15) is 0 Å². The fourth-order valence-electron chi connectivity index (χ4n) is 9.15. The Morgan fingerprint density at radius 2 is 1.07 bits per heavy atom. The quantitative estimate of drug-likeness (QED) is 0.154. The maximum Gasteiger partial charge on any atom is 0.148 e. The zero-order valence-corrected chi connectivity index (χ0v) is 46.2. The molecule has 0 fully saturated rings. The van der Waals surface area contributed by atoms with Gasteiger partial charge in [-0.1, -0.05) is 201 Å². The molecule has 0 spiro atoms. The third kappa shape index (κ3) is 10.5. The molecular weight excluding hydrogens is 1020 g/mol. The minimum absolute atomic E-state index is 0. The minimum Gasteiger partial charge on any atom is -0.507 e. The smallest absolute Gasteiger partial charge is 0.148 e. The number of benzene rings is 6. The average molecular weight is 1090 g/mol. The summed E-state index contributed by atoms with van der Waals surface area (Å²) in [4.78, 5) is 10.7. The topological polar surface area (TPSA) is 50.9 Å². The van der Waals surface area contributed by atoms with E-state index >= 15 is 0 Å². The molecule has 360 valence electrons. The van der Waals surface area contributed by atoms with E-state index in [2.05, 4.69) is 243 Å². The molecule has 8 aromatic rings.